The molecule has 0 aliphatic rings. The van der Waals surface area contributed by atoms with Gasteiger partial charge in [0.05, 0.1) is 5.92 Å². The van der Waals surface area contributed by atoms with Crippen molar-refractivity contribution < 1.29 is 19.1 Å². The predicted octanol–water partition coefficient (Wildman–Crippen LogP) is 11.6. The first-order valence-electron chi connectivity index (χ1n) is 19.4. The molecule has 0 spiro atoms. The van der Waals surface area contributed by atoms with Crippen molar-refractivity contribution in [3.8, 4) is 0 Å². The van der Waals surface area contributed by atoms with E-state index in [0.29, 0.717) is 6.42 Å². The van der Waals surface area contributed by atoms with Crippen LogP contribution >= 0.6 is 0 Å². The standard InChI is InChI=1S/C39H77NO4/c1-6-9-12-15-18-19-20-23-27-32-37(44-38(41)33-28-24-29-34-40(4)5)35-43-39(42)36(30-25-21-16-13-10-7-2)31-26-22-17-14-11-8-3/h36-37H,6-35H2,1-5H3. The van der Waals surface area contributed by atoms with Crippen molar-refractivity contribution in [2.24, 2.45) is 5.92 Å². The Morgan fingerprint density at radius 3 is 1.39 bits per heavy atom. The third-order valence-electron chi connectivity index (χ3n) is 8.97. The van der Waals surface area contributed by atoms with E-state index in [4.69, 9.17) is 9.47 Å². The van der Waals surface area contributed by atoms with E-state index in [1.54, 1.807) is 0 Å². The van der Waals surface area contributed by atoms with Crippen LogP contribution in [-0.4, -0.2) is 50.2 Å². The minimum Gasteiger partial charge on any atom is -0.462 e. The molecule has 0 aromatic heterocycles. The Balaban J connectivity index is 4.84. The van der Waals surface area contributed by atoms with Crippen LogP contribution in [-0.2, 0) is 19.1 Å². The van der Waals surface area contributed by atoms with Gasteiger partial charge >= 0.3 is 11.9 Å². The molecule has 0 saturated carbocycles. The molecule has 1 unspecified atom stereocenters. The number of nitrogens with zero attached hydrogens (tertiary/aromatic N) is 1. The molecule has 5 nitrogen and oxygen atoms in total. The lowest BCUT2D eigenvalue weighted by molar-refractivity contribution is -0.162. The molecule has 0 saturated heterocycles. The zero-order valence-corrected chi connectivity index (χ0v) is 30.4. The first-order valence-corrected chi connectivity index (χ1v) is 19.4. The minimum absolute atomic E-state index is 0.0203. The molecular weight excluding hydrogens is 546 g/mol. The molecule has 262 valence electrons. The number of hydrogen-bond acceptors (Lipinski definition) is 5. The second kappa shape index (κ2) is 33.3. The lowest BCUT2D eigenvalue weighted by atomic mass is 9.94. The predicted molar refractivity (Wildman–Crippen MR) is 189 cm³/mol. The molecule has 0 aliphatic carbocycles. The summed E-state index contributed by atoms with van der Waals surface area (Å²) in [4.78, 5) is 28.2. The van der Waals surface area contributed by atoms with Gasteiger partial charge in [-0.2, -0.15) is 0 Å². The van der Waals surface area contributed by atoms with Crippen LogP contribution in [0.5, 0.6) is 0 Å². The highest BCUT2D eigenvalue weighted by molar-refractivity contribution is 5.72. The molecule has 0 amide bonds. The van der Waals surface area contributed by atoms with Crippen molar-refractivity contribution in [1.29, 1.82) is 0 Å². The SMILES string of the molecule is CCCCCCCCCCCC(COC(=O)C(CCCCCCCC)CCCCCCCC)OC(=O)CCCCCN(C)C. The second-order valence-corrected chi connectivity index (χ2v) is 13.8. The molecule has 0 radical (unpaired) electrons. The summed E-state index contributed by atoms with van der Waals surface area (Å²) < 4.78 is 11.9. The van der Waals surface area contributed by atoms with E-state index < -0.39 is 0 Å². The third-order valence-corrected chi connectivity index (χ3v) is 8.97. The summed E-state index contributed by atoms with van der Waals surface area (Å²) >= 11 is 0. The summed E-state index contributed by atoms with van der Waals surface area (Å²) in [6, 6.07) is 0. The summed E-state index contributed by atoms with van der Waals surface area (Å²) in [5, 5.41) is 0. The van der Waals surface area contributed by atoms with E-state index in [1.165, 1.54) is 109 Å². The van der Waals surface area contributed by atoms with Crippen molar-refractivity contribution in [2.45, 2.75) is 207 Å². The largest absolute Gasteiger partial charge is 0.462 e. The van der Waals surface area contributed by atoms with Crippen LogP contribution in [0.15, 0.2) is 0 Å². The van der Waals surface area contributed by atoms with Crippen LogP contribution in [0.4, 0.5) is 0 Å². The molecule has 0 aromatic carbocycles. The summed E-state index contributed by atoms with van der Waals surface area (Å²) in [5.74, 6) is -0.223. The van der Waals surface area contributed by atoms with Gasteiger partial charge in [-0.1, -0.05) is 156 Å². The number of carbonyl (C=O) groups excluding carboxylic acids is 2. The summed E-state index contributed by atoms with van der Waals surface area (Å²) in [6.07, 6.45) is 32.0. The Morgan fingerprint density at radius 2 is 0.932 bits per heavy atom. The average Bonchev–Trinajstić information content (AvgIpc) is 3.00. The number of ether oxygens (including phenoxy) is 2. The number of carbonyl (C=O) groups is 2. The fourth-order valence-electron chi connectivity index (χ4n) is 5.99. The van der Waals surface area contributed by atoms with Crippen molar-refractivity contribution in [2.75, 3.05) is 27.2 Å². The Labute approximate surface area is 275 Å². The topological polar surface area (TPSA) is 55.8 Å². The zero-order chi connectivity index (χ0) is 32.5. The molecular formula is C39H77NO4. The van der Waals surface area contributed by atoms with Gasteiger partial charge < -0.3 is 14.4 Å². The van der Waals surface area contributed by atoms with E-state index in [1.807, 2.05) is 0 Å². The van der Waals surface area contributed by atoms with Gasteiger partial charge in [-0.15, -0.1) is 0 Å². The van der Waals surface area contributed by atoms with E-state index in [0.717, 1.165) is 70.8 Å². The molecule has 5 heteroatoms. The molecule has 0 fully saturated rings. The van der Waals surface area contributed by atoms with E-state index in [-0.39, 0.29) is 30.6 Å². The van der Waals surface area contributed by atoms with Gasteiger partial charge in [0, 0.05) is 6.42 Å². The van der Waals surface area contributed by atoms with Gasteiger partial charge in [0.2, 0.25) is 0 Å². The molecule has 0 aromatic rings. The summed E-state index contributed by atoms with van der Waals surface area (Å²) in [7, 11) is 4.16. The molecule has 44 heavy (non-hydrogen) atoms. The Hall–Kier alpha value is -1.10. The maximum absolute atomic E-state index is 13.3. The first kappa shape index (κ1) is 42.9. The maximum atomic E-state index is 13.3. The Morgan fingerprint density at radius 1 is 0.523 bits per heavy atom. The van der Waals surface area contributed by atoms with Gasteiger partial charge in [-0.05, 0) is 59.2 Å². The molecule has 0 N–H and O–H groups in total. The first-order chi connectivity index (χ1) is 21.4. The highest BCUT2D eigenvalue weighted by atomic mass is 16.6. The molecule has 0 aliphatic heterocycles. The van der Waals surface area contributed by atoms with Crippen molar-refractivity contribution in [3.63, 3.8) is 0 Å². The van der Waals surface area contributed by atoms with Crippen molar-refractivity contribution in [3.05, 3.63) is 0 Å². The smallest absolute Gasteiger partial charge is 0.309 e. The average molecular weight is 624 g/mol. The number of unbranched alkanes of at least 4 members (excludes halogenated alkanes) is 20. The van der Waals surface area contributed by atoms with Gasteiger partial charge in [-0.25, -0.2) is 0 Å². The highest BCUT2D eigenvalue weighted by Gasteiger charge is 2.22. The van der Waals surface area contributed by atoms with Gasteiger partial charge in [0.1, 0.15) is 12.7 Å². The summed E-state index contributed by atoms with van der Waals surface area (Å²) in [5.41, 5.74) is 0. The lowest BCUT2D eigenvalue weighted by Crippen LogP contribution is -2.28. The number of rotatable bonds is 34. The molecule has 1 atom stereocenters. The lowest BCUT2D eigenvalue weighted by Gasteiger charge is -2.21. The fourth-order valence-corrected chi connectivity index (χ4v) is 5.99. The van der Waals surface area contributed by atoms with E-state index >= 15 is 0 Å². The van der Waals surface area contributed by atoms with E-state index in [2.05, 4.69) is 39.8 Å². The normalized spacial score (nSPS) is 12.2. The van der Waals surface area contributed by atoms with Crippen molar-refractivity contribution in [1.82, 2.24) is 4.90 Å². The monoisotopic (exact) mass is 624 g/mol. The quantitative estimate of drug-likeness (QED) is 0.0527. The third kappa shape index (κ3) is 29.6. The molecule has 0 rings (SSSR count). The van der Waals surface area contributed by atoms with Crippen LogP contribution in [0.3, 0.4) is 0 Å². The van der Waals surface area contributed by atoms with Crippen molar-refractivity contribution >= 4 is 11.9 Å². The van der Waals surface area contributed by atoms with Crippen LogP contribution in [0, 0.1) is 5.92 Å². The van der Waals surface area contributed by atoms with Gasteiger partial charge in [-0.3, -0.25) is 9.59 Å². The Bertz CT molecular complexity index is 607. The Kier molecular flexibility index (Phi) is 32.4. The second-order valence-electron chi connectivity index (χ2n) is 13.8. The van der Waals surface area contributed by atoms with Gasteiger partial charge in [0.15, 0.2) is 0 Å². The zero-order valence-electron chi connectivity index (χ0n) is 30.4. The van der Waals surface area contributed by atoms with Crippen LogP contribution < -0.4 is 0 Å². The fraction of sp³-hybridized carbons (Fsp3) is 0.949. The highest BCUT2D eigenvalue weighted by Crippen LogP contribution is 2.22. The molecule has 0 bridgehead atoms. The van der Waals surface area contributed by atoms with Gasteiger partial charge in [0.25, 0.3) is 0 Å². The number of hydrogen-bond donors (Lipinski definition) is 0. The summed E-state index contributed by atoms with van der Waals surface area (Å²) in [6.45, 7) is 8.02. The van der Waals surface area contributed by atoms with Crippen LogP contribution in [0.2, 0.25) is 0 Å². The van der Waals surface area contributed by atoms with Crippen LogP contribution in [0.1, 0.15) is 201 Å². The van der Waals surface area contributed by atoms with E-state index in [9.17, 15) is 9.59 Å². The van der Waals surface area contributed by atoms with Crippen LogP contribution in [0.25, 0.3) is 0 Å². The molecule has 0 heterocycles. The minimum atomic E-state index is -0.318. The maximum Gasteiger partial charge on any atom is 0.309 e. The number of esters is 2.